The van der Waals surface area contributed by atoms with Crippen molar-refractivity contribution in [2.45, 2.75) is 32.1 Å². The van der Waals surface area contributed by atoms with E-state index in [2.05, 4.69) is 5.32 Å². The summed E-state index contributed by atoms with van der Waals surface area (Å²) in [4.78, 5) is 27.2. The van der Waals surface area contributed by atoms with Crippen LogP contribution in [-0.4, -0.2) is 43.0 Å². The Morgan fingerprint density at radius 2 is 1.96 bits per heavy atom. The lowest BCUT2D eigenvalue weighted by molar-refractivity contribution is -0.119. The molecule has 0 aromatic heterocycles. The number of urea groups is 1. The number of anilines is 2. The molecule has 2 aliphatic rings. The lowest BCUT2D eigenvalue weighted by atomic mass is 9.95. The molecular formula is C18H25FN4O2. The molecule has 0 bridgehead atoms. The number of amides is 3. The summed E-state index contributed by atoms with van der Waals surface area (Å²) in [6.45, 7) is 2.88. The van der Waals surface area contributed by atoms with Crippen LogP contribution >= 0.6 is 0 Å². The molecule has 3 rings (SSSR count). The van der Waals surface area contributed by atoms with Crippen molar-refractivity contribution in [3.63, 3.8) is 0 Å². The van der Waals surface area contributed by atoms with Crippen molar-refractivity contribution in [3.8, 4) is 0 Å². The maximum atomic E-state index is 14.3. The van der Waals surface area contributed by atoms with Gasteiger partial charge in [0, 0.05) is 38.3 Å². The molecule has 1 atom stereocenters. The third kappa shape index (κ3) is 4.41. The van der Waals surface area contributed by atoms with E-state index in [4.69, 9.17) is 5.73 Å². The van der Waals surface area contributed by atoms with E-state index in [-0.39, 0.29) is 23.7 Å². The van der Waals surface area contributed by atoms with Crippen molar-refractivity contribution in [1.29, 1.82) is 0 Å². The van der Waals surface area contributed by atoms with Gasteiger partial charge in [0.25, 0.3) is 0 Å². The van der Waals surface area contributed by atoms with E-state index in [0.29, 0.717) is 30.9 Å². The predicted molar refractivity (Wildman–Crippen MR) is 95.0 cm³/mol. The van der Waals surface area contributed by atoms with E-state index in [9.17, 15) is 14.0 Å². The molecule has 0 saturated carbocycles. The van der Waals surface area contributed by atoms with Gasteiger partial charge >= 0.3 is 6.03 Å². The predicted octanol–water partition coefficient (Wildman–Crippen LogP) is 2.55. The number of hydrogen-bond donors (Lipinski definition) is 2. The molecule has 1 aromatic carbocycles. The fraction of sp³-hybridized carbons (Fsp3) is 0.556. The van der Waals surface area contributed by atoms with Gasteiger partial charge in [0.1, 0.15) is 5.82 Å². The van der Waals surface area contributed by atoms with Gasteiger partial charge in [-0.15, -0.1) is 0 Å². The summed E-state index contributed by atoms with van der Waals surface area (Å²) in [5.41, 5.74) is 6.29. The number of likely N-dealkylation sites (tertiary alicyclic amines) is 1. The number of piperidine rings is 1. The molecule has 0 aliphatic carbocycles. The highest BCUT2D eigenvalue weighted by Gasteiger charge is 2.25. The first kappa shape index (κ1) is 17.5. The molecule has 0 spiro atoms. The minimum atomic E-state index is -0.341. The van der Waals surface area contributed by atoms with E-state index in [1.165, 1.54) is 6.07 Å². The molecule has 6 nitrogen and oxygen atoms in total. The molecule has 25 heavy (non-hydrogen) atoms. The van der Waals surface area contributed by atoms with Crippen LogP contribution in [0.15, 0.2) is 18.2 Å². The van der Waals surface area contributed by atoms with Gasteiger partial charge in [0.2, 0.25) is 5.91 Å². The first-order chi connectivity index (χ1) is 12.0. The van der Waals surface area contributed by atoms with E-state index >= 15 is 0 Å². The zero-order chi connectivity index (χ0) is 17.8. The molecule has 7 heteroatoms. The van der Waals surface area contributed by atoms with E-state index in [1.807, 2.05) is 4.90 Å². The Bertz CT molecular complexity index is 646. The van der Waals surface area contributed by atoms with Crippen molar-refractivity contribution in [1.82, 2.24) is 4.90 Å². The highest BCUT2D eigenvalue weighted by atomic mass is 19.1. The van der Waals surface area contributed by atoms with Gasteiger partial charge in [0.05, 0.1) is 5.69 Å². The number of primary amides is 1. The number of carbonyl (C=O) groups is 2. The number of carbonyl (C=O) groups excluding carboxylic acids is 2. The number of hydrogen-bond acceptors (Lipinski definition) is 3. The number of nitrogens with zero attached hydrogens (tertiary/aromatic N) is 2. The molecule has 136 valence electrons. The molecule has 1 unspecified atom stereocenters. The van der Waals surface area contributed by atoms with Crippen LogP contribution in [0.2, 0.25) is 0 Å². The van der Waals surface area contributed by atoms with Crippen molar-refractivity contribution in [2.24, 2.45) is 11.7 Å². The maximum absolute atomic E-state index is 14.3. The molecule has 3 amide bonds. The normalized spacial score (nSPS) is 20.6. The average Bonchev–Trinajstić information content (AvgIpc) is 3.09. The van der Waals surface area contributed by atoms with Gasteiger partial charge < -0.3 is 20.9 Å². The minimum absolute atomic E-state index is 0.103. The highest BCUT2D eigenvalue weighted by Crippen LogP contribution is 2.26. The summed E-state index contributed by atoms with van der Waals surface area (Å²) in [7, 11) is 0. The number of nitrogens with one attached hydrogen (secondary N) is 1. The van der Waals surface area contributed by atoms with Crippen LogP contribution in [0, 0.1) is 11.7 Å². The summed E-state index contributed by atoms with van der Waals surface area (Å²) in [5, 5.41) is 2.76. The van der Waals surface area contributed by atoms with E-state index in [0.717, 1.165) is 38.8 Å². The van der Waals surface area contributed by atoms with Crippen LogP contribution < -0.4 is 16.0 Å². The number of benzene rings is 1. The molecule has 2 heterocycles. The molecule has 1 aromatic rings. The van der Waals surface area contributed by atoms with Crippen molar-refractivity contribution in [2.75, 3.05) is 36.4 Å². The molecule has 2 aliphatic heterocycles. The zero-order valence-electron chi connectivity index (χ0n) is 14.3. The summed E-state index contributed by atoms with van der Waals surface area (Å²) < 4.78 is 14.3. The molecule has 2 fully saturated rings. The lowest BCUT2D eigenvalue weighted by Gasteiger charge is -2.32. The van der Waals surface area contributed by atoms with Crippen LogP contribution in [0.1, 0.15) is 32.1 Å². The third-order valence-corrected chi connectivity index (χ3v) is 4.94. The van der Waals surface area contributed by atoms with Crippen LogP contribution in [-0.2, 0) is 4.79 Å². The second kappa shape index (κ2) is 7.72. The van der Waals surface area contributed by atoms with Crippen molar-refractivity contribution >= 4 is 23.3 Å². The standard InChI is InChI=1S/C18H25FN4O2/c19-15-11-14(5-6-16(15)22-7-1-2-8-22)21-18(25)23-9-3-4-13(12-23)10-17(20)24/h5-6,11,13H,1-4,7-10,12H2,(H2,20,24)(H,21,25). The van der Waals surface area contributed by atoms with Crippen molar-refractivity contribution in [3.05, 3.63) is 24.0 Å². The van der Waals surface area contributed by atoms with Gasteiger partial charge in [-0.1, -0.05) is 0 Å². The SMILES string of the molecule is NC(=O)CC1CCCN(C(=O)Nc2ccc(N3CCCC3)c(F)c2)C1. The maximum Gasteiger partial charge on any atom is 0.321 e. The molecule has 0 radical (unpaired) electrons. The Balaban J connectivity index is 1.60. The summed E-state index contributed by atoms with van der Waals surface area (Å²) in [5.74, 6) is -0.553. The molecule has 3 N–H and O–H groups in total. The first-order valence-corrected chi connectivity index (χ1v) is 8.91. The summed E-state index contributed by atoms with van der Waals surface area (Å²) in [6, 6.07) is 4.57. The van der Waals surface area contributed by atoms with E-state index < -0.39 is 0 Å². The van der Waals surface area contributed by atoms with Crippen LogP contribution in [0.3, 0.4) is 0 Å². The minimum Gasteiger partial charge on any atom is -0.370 e. The Morgan fingerprint density at radius 3 is 2.64 bits per heavy atom. The smallest absolute Gasteiger partial charge is 0.321 e. The van der Waals surface area contributed by atoms with E-state index in [1.54, 1.807) is 17.0 Å². The quantitative estimate of drug-likeness (QED) is 0.878. The average molecular weight is 348 g/mol. The van der Waals surface area contributed by atoms with Gasteiger partial charge in [-0.3, -0.25) is 4.79 Å². The fourth-order valence-electron chi connectivity index (χ4n) is 3.70. The third-order valence-electron chi connectivity index (χ3n) is 4.94. The lowest BCUT2D eigenvalue weighted by Crippen LogP contribution is -2.43. The van der Waals surface area contributed by atoms with Gasteiger partial charge in [0.15, 0.2) is 0 Å². The number of halogens is 1. The summed E-state index contributed by atoms with van der Waals surface area (Å²) >= 11 is 0. The van der Waals surface area contributed by atoms with Gasteiger partial charge in [-0.25, -0.2) is 9.18 Å². The number of rotatable bonds is 4. The molecular weight excluding hydrogens is 323 g/mol. The second-order valence-electron chi connectivity index (χ2n) is 6.92. The summed E-state index contributed by atoms with van der Waals surface area (Å²) in [6.07, 6.45) is 4.20. The Hall–Kier alpha value is -2.31. The zero-order valence-corrected chi connectivity index (χ0v) is 14.3. The number of nitrogens with two attached hydrogens (primary N) is 1. The topological polar surface area (TPSA) is 78.7 Å². The van der Waals surface area contributed by atoms with Crippen LogP contribution in [0.25, 0.3) is 0 Å². The first-order valence-electron chi connectivity index (χ1n) is 8.91. The van der Waals surface area contributed by atoms with Crippen molar-refractivity contribution < 1.29 is 14.0 Å². The fourth-order valence-corrected chi connectivity index (χ4v) is 3.70. The Morgan fingerprint density at radius 1 is 1.20 bits per heavy atom. The Kier molecular flexibility index (Phi) is 5.40. The van der Waals surface area contributed by atoms with Crippen LogP contribution in [0.4, 0.5) is 20.6 Å². The van der Waals surface area contributed by atoms with Gasteiger partial charge in [-0.2, -0.15) is 0 Å². The highest BCUT2D eigenvalue weighted by molar-refractivity contribution is 5.89. The van der Waals surface area contributed by atoms with Crippen LogP contribution in [0.5, 0.6) is 0 Å². The Labute approximate surface area is 147 Å². The van der Waals surface area contributed by atoms with Gasteiger partial charge in [-0.05, 0) is 49.8 Å². The molecule has 2 saturated heterocycles. The largest absolute Gasteiger partial charge is 0.370 e. The second-order valence-corrected chi connectivity index (χ2v) is 6.92. The monoisotopic (exact) mass is 348 g/mol.